The maximum atomic E-state index is 13.1. The highest BCUT2D eigenvalue weighted by atomic mass is 35.5. The summed E-state index contributed by atoms with van der Waals surface area (Å²) in [4.78, 5) is 29.6. The van der Waals surface area contributed by atoms with Gasteiger partial charge in [-0.2, -0.15) is 0 Å². The molecule has 156 valence electrons. The molecule has 4 unspecified atom stereocenters. The van der Waals surface area contributed by atoms with Crippen molar-refractivity contribution in [1.29, 1.82) is 0 Å². The lowest BCUT2D eigenvalue weighted by molar-refractivity contribution is 0.221. The third-order valence-corrected chi connectivity index (χ3v) is 7.28. The number of urea groups is 1. The summed E-state index contributed by atoms with van der Waals surface area (Å²) in [5.41, 5.74) is 1.53. The number of carbonyl (C=O) groups excluding carboxylic acids is 1. The van der Waals surface area contributed by atoms with Crippen LogP contribution in [0.1, 0.15) is 37.7 Å². The molecule has 1 saturated carbocycles. The molecule has 4 rings (SSSR count). The SMILES string of the molecule is CC1CCC(NC(=O)NC2NCCS2)CC1c1cc2cnc(Cl)cc2n(C)c1=O. The van der Waals surface area contributed by atoms with Gasteiger partial charge in [0.25, 0.3) is 5.56 Å². The van der Waals surface area contributed by atoms with E-state index < -0.39 is 0 Å². The third-order valence-electron chi connectivity index (χ3n) is 6.01. The van der Waals surface area contributed by atoms with E-state index in [0.717, 1.165) is 48.0 Å². The van der Waals surface area contributed by atoms with Crippen molar-refractivity contribution in [3.8, 4) is 0 Å². The molecular weight excluding hydrogens is 410 g/mol. The monoisotopic (exact) mass is 435 g/mol. The number of thioether (sulfide) groups is 1. The van der Waals surface area contributed by atoms with E-state index >= 15 is 0 Å². The molecule has 1 saturated heterocycles. The number of hydrogen-bond donors (Lipinski definition) is 3. The second-order valence-electron chi connectivity index (χ2n) is 7.95. The maximum absolute atomic E-state index is 13.1. The third kappa shape index (κ3) is 4.39. The molecule has 2 aliphatic rings. The summed E-state index contributed by atoms with van der Waals surface area (Å²) in [6.45, 7) is 3.09. The topological polar surface area (TPSA) is 88.1 Å². The molecule has 9 heteroatoms. The largest absolute Gasteiger partial charge is 0.335 e. The van der Waals surface area contributed by atoms with Gasteiger partial charge < -0.3 is 15.2 Å². The first-order valence-corrected chi connectivity index (χ1v) is 11.4. The van der Waals surface area contributed by atoms with E-state index in [-0.39, 0.29) is 29.0 Å². The summed E-state index contributed by atoms with van der Waals surface area (Å²) >= 11 is 7.70. The van der Waals surface area contributed by atoms with E-state index in [4.69, 9.17) is 11.6 Å². The molecule has 0 radical (unpaired) electrons. The van der Waals surface area contributed by atoms with Crippen LogP contribution in [0.3, 0.4) is 0 Å². The van der Waals surface area contributed by atoms with Gasteiger partial charge in [0, 0.05) is 42.5 Å². The lowest BCUT2D eigenvalue weighted by atomic mass is 9.74. The summed E-state index contributed by atoms with van der Waals surface area (Å²) in [7, 11) is 1.77. The number of nitrogens with zero attached hydrogens (tertiary/aromatic N) is 2. The number of nitrogens with one attached hydrogen (secondary N) is 3. The van der Waals surface area contributed by atoms with E-state index in [0.29, 0.717) is 11.1 Å². The zero-order valence-corrected chi connectivity index (χ0v) is 18.1. The first-order valence-electron chi connectivity index (χ1n) is 9.99. The van der Waals surface area contributed by atoms with Crippen LogP contribution in [-0.4, -0.2) is 39.4 Å². The lowest BCUT2D eigenvalue weighted by Gasteiger charge is -2.35. The van der Waals surface area contributed by atoms with Gasteiger partial charge in [-0.05, 0) is 43.2 Å². The quantitative estimate of drug-likeness (QED) is 0.645. The standard InChI is InChI=1S/C20H26ClN5O2S/c1-11-3-4-13(24-19(28)25-20-22-5-6-29-20)8-14(11)15-7-12-10-23-17(21)9-16(12)26(2)18(15)27/h7,9-11,13-14,20,22H,3-6,8H2,1-2H3,(H2,24,25,28). The second-order valence-corrected chi connectivity index (χ2v) is 9.55. The fourth-order valence-corrected chi connectivity index (χ4v) is 5.43. The Morgan fingerprint density at radius 2 is 2.17 bits per heavy atom. The van der Waals surface area contributed by atoms with Gasteiger partial charge in [0.05, 0.1) is 5.52 Å². The van der Waals surface area contributed by atoms with Crippen molar-refractivity contribution in [2.75, 3.05) is 12.3 Å². The molecule has 4 atom stereocenters. The van der Waals surface area contributed by atoms with Crippen molar-refractivity contribution in [2.45, 2.75) is 43.6 Å². The Bertz CT molecular complexity index is 975. The van der Waals surface area contributed by atoms with E-state index in [1.807, 2.05) is 6.07 Å². The average molecular weight is 436 g/mol. The van der Waals surface area contributed by atoms with Crippen LogP contribution in [-0.2, 0) is 7.05 Å². The number of rotatable bonds is 3. The van der Waals surface area contributed by atoms with Crippen molar-refractivity contribution in [3.05, 3.63) is 39.4 Å². The average Bonchev–Trinajstić information content (AvgIpc) is 3.19. The zero-order valence-electron chi connectivity index (χ0n) is 16.6. The number of fused-ring (bicyclic) bond motifs is 1. The molecule has 3 heterocycles. The molecule has 0 aromatic carbocycles. The highest BCUT2D eigenvalue weighted by Crippen LogP contribution is 2.37. The minimum Gasteiger partial charge on any atom is -0.335 e. The molecule has 2 amide bonds. The molecule has 29 heavy (non-hydrogen) atoms. The molecule has 2 aromatic rings. The number of amides is 2. The number of aryl methyl sites for hydroxylation is 1. The first-order chi connectivity index (χ1) is 13.9. The van der Waals surface area contributed by atoms with Crippen LogP contribution in [0.15, 0.2) is 23.1 Å². The molecule has 2 fully saturated rings. The summed E-state index contributed by atoms with van der Waals surface area (Å²) in [5, 5.41) is 10.6. The molecule has 2 aromatic heterocycles. The van der Waals surface area contributed by atoms with E-state index in [1.54, 1.807) is 35.6 Å². The smallest absolute Gasteiger partial charge is 0.316 e. The normalized spacial score (nSPS) is 27.1. The highest BCUT2D eigenvalue weighted by molar-refractivity contribution is 8.00. The van der Waals surface area contributed by atoms with Crippen LogP contribution in [0.5, 0.6) is 0 Å². The summed E-state index contributed by atoms with van der Waals surface area (Å²) in [6.07, 6.45) is 4.35. The zero-order chi connectivity index (χ0) is 20.5. The Morgan fingerprint density at radius 1 is 1.34 bits per heavy atom. The van der Waals surface area contributed by atoms with E-state index in [9.17, 15) is 9.59 Å². The van der Waals surface area contributed by atoms with Crippen LogP contribution in [0.4, 0.5) is 4.79 Å². The van der Waals surface area contributed by atoms with Crippen LogP contribution in [0, 0.1) is 5.92 Å². The van der Waals surface area contributed by atoms with Crippen LogP contribution in [0.25, 0.3) is 10.9 Å². The van der Waals surface area contributed by atoms with Crippen molar-refractivity contribution >= 4 is 40.3 Å². The van der Waals surface area contributed by atoms with E-state index in [1.165, 1.54) is 0 Å². The van der Waals surface area contributed by atoms with Gasteiger partial charge in [-0.1, -0.05) is 18.5 Å². The minimum atomic E-state index is -0.152. The predicted octanol–water partition coefficient (Wildman–Crippen LogP) is 2.78. The molecule has 3 N–H and O–H groups in total. The number of halogens is 1. The highest BCUT2D eigenvalue weighted by Gasteiger charge is 2.32. The Kier molecular flexibility index (Phi) is 6.03. The predicted molar refractivity (Wildman–Crippen MR) is 117 cm³/mol. The number of aromatic nitrogens is 2. The van der Waals surface area contributed by atoms with Gasteiger partial charge in [-0.15, -0.1) is 11.8 Å². The minimum absolute atomic E-state index is 0.00623. The molecular formula is C20H26ClN5O2S. The number of hydrogen-bond acceptors (Lipinski definition) is 5. The van der Waals surface area contributed by atoms with Crippen LogP contribution in [0.2, 0.25) is 5.15 Å². The summed E-state index contributed by atoms with van der Waals surface area (Å²) < 4.78 is 1.65. The number of carbonyl (C=O) groups is 1. The Hall–Kier alpha value is -1.77. The van der Waals surface area contributed by atoms with Crippen molar-refractivity contribution < 1.29 is 4.79 Å². The lowest BCUT2D eigenvalue weighted by Crippen LogP contribution is -2.49. The van der Waals surface area contributed by atoms with Crippen LogP contribution < -0.4 is 21.5 Å². The second kappa shape index (κ2) is 8.53. The molecule has 0 bridgehead atoms. The Labute approximate surface area is 179 Å². The van der Waals surface area contributed by atoms with Gasteiger partial charge in [0.2, 0.25) is 0 Å². The molecule has 1 aliphatic carbocycles. The van der Waals surface area contributed by atoms with Gasteiger partial charge in [-0.3, -0.25) is 10.1 Å². The van der Waals surface area contributed by atoms with Crippen molar-refractivity contribution in [3.63, 3.8) is 0 Å². The van der Waals surface area contributed by atoms with Gasteiger partial charge >= 0.3 is 6.03 Å². The summed E-state index contributed by atoms with van der Waals surface area (Å²) in [5.74, 6) is 1.46. The molecule has 0 spiro atoms. The Morgan fingerprint density at radius 3 is 2.93 bits per heavy atom. The molecule has 7 nitrogen and oxygen atoms in total. The van der Waals surface area contributed by atoms with Gasteiger partial charge in [0.1, 0.15) is 10.7 Å². The summed E-state index contributed by atoms with van der Waals surface area (Å²) in [6, 6.07) is 3.56. The number of pyridine rings is 2. The van der Waals surface area contributed by atoms with Gasteiger partial charge in [0.15, 0.2) is 0 Å². The fourth-order valence-electron chi connectivity index (χ4n) is 4.38. The molecule has 1 aliphatic heterocycles. The van der Waals surface area contributed by atoms with E-state index in [2.05, 4.69) is 27.9 Å². The van der Waals surface area contributed by atoms with Crippen molar-refractivity contribution in [1.82, 2.24) is 25.5 Å². The maximum Gasteiger partial charge on any atom is 0.316 e. The van der Waals surface area contributed by atoms with Gasteiger partial charge in [-0.25, -0.2) is 9.78 Å². The van der Waals surface area contributed by atoms with Crippen molar-refractivity contribution in [2.24, 2.45) is 13.0 Å². The fraction of sp³-hybridized carbons (Fsp3) is 0.550. The van der Waals surface area contributed by atoms with Crippen LogP contribution >= 0.6 is 23.4 Å². The Balaban J connectivity index is 1.54. The first kappa shape index (κ1) is 20.5.